The highest BCUT2D eigenvalue weighted by molar-refractivity contribution is 7.80. The summed E-state index contributed by atoms with van der Waals surface area (Å²) in [5.74, 6) is 2.80. The van der Waals surface area contributed by atoms with Gasteiger partial charge in [-0.05, 0) is 56.2 Å². The summed E-state index contributed by atoms with van der Waals surface area (Å²) in [6.07, 6.45) is 4.32. The highest BCUT2D eigenvalue weighted by Crippen LogP contribution is 2.19. The monoisotopic (exact) mass is 316 g/mol. The summed E-state index contributed by atoms with van der Waals surface area (Å²) >= 11 is 5.28. The van der Waals surface area contributed by atoms with E-state index in [-0.39, 0.29) is 0 Å². The molecular weight excluding hydrogens is 296 g/mol. The van der Waals surface area contributed by atoms with Crippen molar-refractivity contribution in [1.29, 1.82) is 0 Å². The third-order valence-corrected chi connectivity index (χ3v) is 3.90. The van der Waals surface area contributed by atoms with Crippen molar-refractivity contribution >= 4 is 28.8 Å². The summed E-state index contributed by atoms with van der Waals surface area (Å²) in [6, 6.07) is 7.92. The van der Waals surface area contributed by atoms with Crippen molar-refractivity contribution in [2.75, 3.05) is 23.3 Å². The lowest BCUT2D eigenvalue weighted by atomic mass is 10.4. The number of furan rings is 1. The van der Waals surface area contributed by atoms with Gasteiger partial charge in [0.25, 0.3) is 0 Å². The lowest BCUT2D eigenvalue weighted by Gasteiger charge is -2.16. The van der Waals surface area contributed by atoms with Crippen LogP contribution >= 0.6 is 12.2 Å². The van der Waals surface area contributed by atoms with E-state index in [1.165, 1.54) is 12.8 Å². The van der Waals surface area contributed by atoms with E-state index in [1.54, 1.807) is 0 Å². The van der Waals surface area contributed by atoms with Crippen molar-refractivity contribution in [3.05, 3.63) is 42.0 Å². The summed E-state index contributed by atoms with van der Waals surface area (Å²) in [5, 5.41) is 6.81. The molecule has 0 amide bonds. The van der Waals surface area contributed by atoms with Gasteiger partial charge in [0.15, 0.2) is 5.11 Å². The molecule has 2 N–H and O–H groups in total. The molecule has 22 heavy (non-hydrogen) atoms. The van der Waals surface area contributed by atoms with E-state index >= 15 is 0 Å². The molecular formula is C16H20N4OS. The number of hydrogen-bond acceptors (Lipinski definition) is 4. The molecule has 2 aromatic rings. The van der Waals surface area contributed by atoms with E-state index in [2.05, 4.69) is 20.5 Å². The molecule has 3 rings (SSSR count). The van der Waals surface area contributed by atoms with Gasteiger partial charge in [0.05, 0.1) is 18.4 Å². The molecule has 116 valence electrons. The van der Waals surface area contributed by atoms with Crippen LogP contribution in [0.3, 0.4) is 0 Å². The van der Waals surface area contributed by atoms with E-state index in [1.807, 2.05) is 37.4 Å². The zero-order chi connectivity index (χ0) is 15.4. The summed E-state index contributed by atoms with van der Waals surface area (Å²) in [6.45, 7) is 4.69. The average Bonchev–Trinajstić information content (AvgIpc) is 3.17. The highest BCUT2D eigenvalue weighted by atomic mass is 32.1. The van der Waals surface area contributed by atoms with Crippen LogP contribution in [0.4, 0.5) is 11.5 Å². The van der Waals surface area contributed by atoms with Gasteiger partial charge in [-0.3, -0.25) is 0 Å². The van der Waals surface area contributed by atoms with Gasteiger partial charge >= 0.3 is 0 Å². The molecule has 0 aromatic carbocycles. The van der Waals surface area contributed by atoms with Crippen molar-refractivity contribution in [3.63, 3.8) is 0 Å². The molecule has 0 radical (unpaired) electrons. The van der Waals surface area contributed by atoms with Crippen molar-refractivity contribution in [2.45, 2.75) is 26.3 Å². The van der Waals surface area contributed by atoms with E-state index < -0.39 is 0 Å². The molecule has 0 spiro atoms. The topological polar surface area (TPSA) is 53.3 Å². The second kappa shape index (κ2) is 6.79. The Balaban J connectivity index is 1.50. The Kier molecular flexibility index (Phi) is 4.58. The van der Waals surface area contributed by atoms with E-state index in [9.17, 15) is 0 Å². The quantitative estimate of drug-likeness (QED) is 0.846. The Bertz CT molecular complexity index is 632. The normalized spacial score (nSPS) is 14.1. The lowest BCUT2D eigenvalue weighted by Crippen LogP contribution is -2.27. The SMILES string of the molecule is Cc1ccc(CNC(=S)Nc2ccc(N3CCCC3)nc2)o1. The Morgan fingerprint density at radius 2 is 2.09 bits per heavy atom. The van der Waals surface area contributed by atoms with E-state index in [0.717, 1.165) is 36.1 Å². The predicted octanol–water partition coefficient (Wildman–Crippen LogP) is 3.07. The first-order valence-corrected chi connectivity index (χ1v) is 7.93. The van der Waals surface area contributed by atoms with Gasteiger partial charge in [0.2, 0.25) is 0 Å². The van der Waals surface area contributed by atoms with E-state index in [0.29, 0.717) is 11.7 Å². The minimum Gasteiger partial charge on any atom is -0.465 e. The number of hydrogen-bond donors (Lipinski definition) is 2. The van der Waals surface area contributed by atoms with E-state index in [4.69, 9.17) is 16.6 Å². The smallest absolute Gasteiger partial charge is 0.171 e. The zero-order valence-electron chi connectivity index (χ0n) is 12.6. The van der Waals surface area contributed by atoms with Crippen LogP contribution in [-0.4, -0.2) is 23.2 Å². The third kappa shape index (κ3) is 3.76. The molecule has 0 saturated carbocycles. The fraction of sp³-hybridized carbons (Fsp3) is 0.375. The molecule has 3 heterocycles. The number of aryl methyl sites for hydroxylation is 1. The Morgan fingerprint density at radius 3 is 2.73 bits per heavy atom. The second-order valence-electron chi connectivity index (χ2n) is 5.42. The van der Waals surface area contributed by atoms with Gasteiger partial charge in [-0.25, -0.2) is 4.98 Å². The number of rotatable bonds is 4. The van der Waals surface area contributed by atoms with Crippen LogP contribution in [0.1, 0.15) is 24.4 Å². The number of nitrogens with zero attached hydrogens (tertiary/aromatic N) is 2. The molecule has 0 atom stereocenters. The molecule has 1 saturated heterocycles. The second-order valence-corrected chi connectivity index (χ2v) is 5.83. The van der Waals surface area contributed by atoms with Gasteiger partial charge in [-0.1, -0.05) is 0 Å². The molecule has 5 nitrogen and oxygen atoms in total. The zero-order valence-corrected chi connectivity index (χ0v) is 13.4. The minimum absolute atomic E-state index is 0.560. The minimum atomic E-state index is 0.560. The number of nitrogens with one attached hydrogen (secondary N) is 2. The predicted molar refractivity (Wildman–Crippen MR) is 92.2 cm³/mol. The first-order valence-electron chi connectivity index (χ1n) is 7.52. The van der Waals surface area contributed by atoms with Crippen LogP contribution in [0.5, 0.6) is 0 Å². The first kappa shape index (κ1) is 14.8. The van der Waals surface area contributed by atoms with Crippen LogP contribution in [0.25, 0.3) is 0 Å². The van der Waals surface area contributed by atoms with Gasteiger partial charge in [0, 0.05) is 13.1 Å². The van der Waals surface area contributed by atoms with Gasteiger partial charge in [-0.15, -0.1) is 0 Å². The molecule has 1 fully saturated rings. The van der Waals surface area contributed by atoms with Crippen LogP contribution in [0.15, 0.2) is 34.9 Å². The molecule has 0 aliphatic carbocycles. The number of anilines is 2. The van der Waals surface area contributed by atoms with Crippen LogP contribution in [0.2, 0.25) is 0 Å². The Hall–Kier alpha value is -2.08. The summed E-state index contributed by atoms with van der Waals surface area (Å²) < 4.78 is 5.49. The largest absolute Gasteiger partial charge is 0.465 e. The van der Waals surface area contributed by atoms with Crippen molar-refractivity contribution in [2.24, 2.45) is 0 Å². The molecule has 2 aromatic heterocycles. The molecule has 1 aliphatic heterocycles. The molecule has 1 aliphatic rings. The van der Waals surface area contributed by atoms with Crippen molar-refractivity contribution in [1.82, 2.24) is 10.3 Å². The number of aromatic nitrogens is 1. The van der Waals surface area contributed by atoms with Crippen LogP contribution in [-0.2, 0) is 6.54 Å². The standard InChI is InChI=1S/C16H20N4OS/c1-12-4-6-14(21-12)11-18-16(22)19-13-5-7-15(17-10-13)20-8-2-3-9-20/h4-7,10H,2-3,8-9,11H2,1H3,(H2,18,19,22). The molecule has 6 heteroatoms. The highest BCUT2D eigenvalue weighted by Gasteiger charge is 2.13. The summed E-state index contributed by atoms with van der Waals surface area (Å²) in [5.41, 5.74) is 0.885. The van der Waals surface area contributed by atoms with Crippen LogP contribution < -0.4 is 15.5 Å². The fourth-order valence-corrected chi connectivity index (χ4v) is 2.71. The van der Waals surface area contributed by atoms with Crippen molar-refractivity contribution < 1.29 is 4.42 Å². The van der Waals surface area contributed by atoms with Crippen molar-refractivity contribution in [3.8, 4) is 0 Å². The van der Waals surface area contributed by atoms with Gasteiger partial charge < -0.3 is 20.0 Å². The third-order valence-electron chi connectivity index (χ3n) is 3.65. The summed E-state index contributed by atoms with van der Waals surface area (Å²) in [7, 11) is 0. The number of thiocarbonyl (C=S) groups is 1. The van der Waals surface area contributed by atoms with Gasteiger partial charge in [0.1, 0.15) is 17.3 Å². The molecule has 0 bridgehead atoms. The average molecular weight is 316 g/mol. The maximum Gasteiger partial charge on any atom is 0.171 e. The Morgan fingerprint density at radius 1 is 1.27 bits per heavy atom. The maximum atomic E-state index is 5.49. The first-order chi connectivity index (χ1) is 10.7. The molecule has 0 unspecified atom stereocenters. The fourth-order valence-electron chi connectivity index (χ4n) is 2.52. The number of pyridine rings is 1. The van der Waals surface area contributed by atoms with Gasteiger partial charge in [-0.2, -0.15) is 0 Å². The lowest BCUT2D eigenvalue weighted by molar-refractivity contribution is 0.478. The van der Waals surface area contributed by atoms with Crippen LogP contribution in [0, 0.1) is 6.92 Å². The maximum absolute atomic E-state index is 5.49. The Labute approximate surface area is 135 Å². The summed E-state index contributed by atoms with van der Waals surface area (Å²) in [4.78, 5) is 6.80.